The number of hydrogen-bond acceptors (Lipinski definition) is 2. The molecule has 0 aliphatic carbocycles. The Bertz CT molecular complexity index is 306. The van der Waals surface area contributed by atoms with Crippen molar-refractivity contribution in [3.05, 3.63) is 29.8 Å². The maximum atomic E-state index is 10.7. The Labute approximate surface area is 88.8 Å². The lowest BCUT2D eigenvalue weighted by molar-refractivity contribution is -0.117. The highest BCUT2D eigenvalue weighted by atomic mass is 35.5. The van der Waals surface area contributed by atoms with Crippen molar-refractivity contribution in [1.82, 2.24) is 0 Å². The SMILES string of the molecule is CCc1ccc(O[C@@H](C)C(=O)Cl)cc1. The summed E-state index contributed by atoms with van der Waals surface area (Å²) >= 11 is 5.27. The smallest absolute Gasteiger partial charge is 0.262 e. The Hall–Kier alpha value is -1.02. The highest BCUT2D eigenvalue weighted by molar-refractivity contribution is 6.64. The number of hydrogen-bond donors (Lipinski definition) is 0. The van der Waals surface area contributed by atoms with E-state index in [0.717, 1.165) is 6.42 Å². The van der Waals surface area contributed by atoms with Crippen LogP contribution >= 0.6 is 11.6 Å². The first-order chi connectivity index (χ1) is 6.63. The molecule has 2 nitrogen and oxygen atoms in total. The van der Waals surface area contributed by atoms with Gasteiger partial charge in [-0.25, -0.2) is 0 Å². The summed E-state index contributed by atoms with van der Waals surface area (Å²) < 4.78 is 5.29. The fraction of sp³-hybridized carbons (Fsp3) is 0.364. The summed E-state index contributed by atoms with van der Waals surface area (Å²) in [5, 5.41) is -0.482. The van der Waals surface area contributed by atoms with E-state index in [9.17, 15) is 4.79 Å². The standard InChI is InChI=1S/C11H13ClO2/c1-3-9-4-6-10(7-5-9)14-8(2)11(12)13/h4-8H,3H2,1-2H3/t8-/m0/s1. The molecule has 0 aliphatic heterocycles. The first-order valence-electron chi connectivity index (χ1n) is 4.58. The second-order valence-electron chi connectivity index (χ2n) is 3.06. The van der Waals surface area contributed by atoms with Gasteiger partial charge in [-0.2, -0.15) is 0 Å². The van der Waals surface area contributed by atoms with Crippen LogP contribution in [-0.2, 0) is 11.2 Å². The van der Waals surface area contributed by atoms with Gasteiger partial charge in [-0.1, -0.05) is 19.1 Å². The van der Waals surface area contributed by atoms with Crippen molar-refractivity contribution in [1.29, 1.82) is 0 Å². The van der Waals surface area contributed by atoms with Gasteiger partial charge in [0.25, 0.3) is 5.24 Å². The molecule has 76 valence electrons. The molecule has 0 spiro atoms. The molecule has 0 heterocycles. The highest BCUT2D eigenvalue weighted by Gasteiger charge is 2.10. The lowest BCUT2D eigenvalue weighted by Crippen LogP contribution is -2.18. The fourth-order valence-corrected chi connectivity index (χ4v) is 1.10. The third-order valence-electron chi connectivity index (χ3n) is 1.96. The van der Waals surface area contributed by atoms with Crippen LogP contribution in [0.3, 0.4) is 0 Å². The summed E-state index contributed by atoms with van der Waals surface area (Å²) in [5.74, 6) is 0.670. The Morgan fingerprint density at radius 2 is 2.00 bits per heavy atom. The molecule has 1 aromatic rings. The first-order valence-corrected chi connectivity index (χ1v) is 4.96. The van der Waals surface area contributed by atoms with Crippen molar-refractivity contribution in [2.24, 2.45) is 0 Å². The quantitative estimate of drug-likeness (QED) is 0.718. The van der Waals surface area contributed by atoms with Gasteiger partial charge in [0.2, 0.25) is 0 Å². The van der Waals surface area contributed by atoms with Crippen molar-refractivity contribution in [2.75, 3.05) is 0 Å². The van der Waals surface area contributed by atoms with Crippen LogP contribution in [0.5, 0.6) is 5.75 Å². The topological polar surface area (TPSA) is 26.3 Å². The molecule has 0 N–H and O–H groups in total. The van der Waals surface area contributed by atoms with Crippen molar-refractivity contribution in [3.63, 3.8) is 0 Å². The van der Waals surface area contributed by atoms with E-state index in [-0.39, 0.29) is 0 Å². The van der Waals surface area contributed by atoms with E-state index < -0.39 is 11.3 Å². The van der Waals surface area contributed by atoms with E-state index in [2.05, 4.69) is 6.92 Å². The van der Waals surface area contributed by atoms with E-state index in [4.69, 9.17) is 16.3 Å². The maximum Gasteiger partial charge on any atom is 0.262 e. The predicted octanol–water partition coefficient (Wildman–Crippen LogP) is 2.78. The monoisotopic (exact) mass is 212 g/mol. The summed E-state index contributed by atoms with van der Waals surface area (Å²) in [4.78, 5) is 10.7. The van der Waals surface area contributed by atoms with Gasteiger partial charge in [-0.3, -0.25) is 4.79 Å². The van der Waals surface area contributed by atoms with E-state index in [1.165, 1.54) is 5.56 Å². The average Bonchev–Trinajstić information content (AvgIpc) is 2.19. The van der Waals surface area contributed by atoms with E-state index >= 15 is 0 Å². The number of benzene rings is 1. The summed E-state index contributed by atoms with van der Waals surface area (Å²) in [7, 11) is 0. The number of halogens is 1. The number of ether oxygens (including phenoxy) is 1. The first kappa shape index (κ1) is 11.1. The normalized spacial score (nSPS) is 12.2. The number of rotatable bonds is 4. The lowest BCUT2D eigenvalue weighted by atomic mass is 10.2. The Kier molecular flexibility index (Phi) is 3.96. The zero-order chi connectivity index (χ0) is 10.6. The van der Waals surface area contributed by atoms with Crippen LogP contribution in [0, 0.1) is 0 Å². The molecule has 1 atom stereocenters. The van der Waals surface area contributed by atoms with Gasteiger partial charge >= 0.3 is 0 Å². The summed E-state index contributed by atoms with van der Waals surface area (Å²) in [6.07, 6.45) is 0.397. The summed E-state index contributed by atoms with van der Waals surface area (Å²) in [5.41, 5.74) is 1.24. The largest absolute Gasteiger partial charge is 0.482 e. The Balaban J connectivity index is 2.64. The Morgan fingerprint density at radius 1 is 1.43 bits per heavy atom. The van der Waals surface area contributed by atoms with Gasteiger partial charge in [0.1, 0.15) is 5.75 Å². The molecule has 0 unspecified atom stereocenters. The predicted molar refractivity (Wildman–Crippen MR) is 56.8 cm³/mol. The maximum absolute atomic E-state index is 10.7. The van der Waals surface area contributed by atoms with Crippen LogP contribution in [0.1, 0.15) is 19.4 Å². The molecular weight excluding hydrogens is 200 g/mol. The van der Waals surface area contributed by atoms with Gasteiger partial charge in [0.15, 0.2) is 6.10 Å². The molecule has 1 aromatic carbocycles. The van der Waals surface area contributed by atoms with Gasteiger partial charge in [0.05, 0.1) is 0 Å². The third kappa shape index (κ3) is 3.04. The van der Waals surface area contributed by atoms with E-state index in [1.807, 2.05) is 24.3 Å². The van der Waals surface area contributed by atoms with Crippen LogP contribution in [0.4, 0.5) is 0 Å². The molecular formula is C11H13ClO2. The van der Waals surface area contributed by atoms with Crippen molar-refractivity contribution < 1.29 is 9.53 Å². The average molecular weight is 213 g/mol. The second-order valence-corrected chi connectivity index (χ2v) is 3.43. The minimum atomic E-state index is -0.593. The van der Waals surface area contributed by atoms with Gasteiger partial charge in [-0.05, 0) is 42.6 Å². The van der Waals surface area contributed by atoms with Gasteiger partial charge in [0, 0.05) is 0 Å². The number of aryl methyl sites for hydroxylation is 1. The van der Waals surface area contributed by atoms with Crippen LogP contribution in [0.2, 0.25) is 0 Å². The van der Waals surface area contributed by atoms with Crippen LogP contribution in [0.25, 0.3) is 0 Å². The zero-order valence-electron chi connectivity index (χ0n) is 8.29. The van der Waals surface area contributed by atoms with Crippen LogP contribution in [0.15, 0.2) is 24.3 Å². The molecule has 0 aromatic heterocycles. The minimum absolute atomic E-state index is 0.482. The second kappa shape index (κ2) is 5.01. The molecule has 1 rings (SSSR count). The molecule has 0 amide bonds. The molecule has 0 saturated heterocycles. The van der Waals surface area contributed by atoms with Crippen molar-refractivity contribution >= 4 is 16.8 Å². The molecule has 0 fully saturated rings. The van der Waals surface area contributed by atoms with E-state index in [1.54, 1.807) is 6.92 Å². The highest BCUT2D eigenvalue weighted by Crippen LogP contribution is 2.14. The van der Waals surface area contributed by atoms with Crippen molar-refractivity contribution in [3.8, 4) is 5.75 Å². The Morgan fingerprint density at radius 3 is 2.43 bits per heavy atom. The molecule has 14 heavy (non-hydrogen) atoms. The van der Waals surface area contributed by atoms with E-state index in [0.29, 0.717) is 5.75 Å². The molecule has 0 aliphatic rings. The summed E-state index contributed by atoms with van der Waals surface area (Å²) in [6, 6.07) is 7.63. The zero-order valence-corrected chi connectivity index (χ0v) is 9.04. The lowest BCUT2D eigenvalue weighted by Gasteiger charge is -2.10. The molecule has 0 saturated carbocycles. The number of carbonyl (C=O) groups excluding carboxylic acids is 1. The summed E-state index contributed by atoms with van der Waals surface area (Å²) in [6.45, 7) is 3.71. The van der Waals surface area contributed by atoms with Crippen LogP contribution in [-0.4, -0.2) is 11.3 Å². The van der Waals surface area contributed by atoms with Crippen molar-refractivity contribution in [2.45, 2.75) is 26.4 Å². The molecule has 0 radical (unpaired) electrons. The van der Waals surface area contributed by atoms with Crippen LogP contribution < -0.4 is 4.74 Å². The number of carbonyl (C=O) groups is 1. The van der Waals surface area contributed by atoms with Gasteiger partial charge < -0.3 is 4.74 Å². The molecule has 3 heteroatoms. The third-order valence-corrected chi connectivity index (χ3v) is 2.27. The van der Waals surface area contributed by atoms with Gasteiger partial charge in [-0.15, -0.1) is 0 Å². The fourth-order valence-electron chi connectivity index (χ4n) is 1.05. The minimum Gasteiger partial charge on any atom is -0.482 e. The molecule has 0 bridgehead atoms.